The Balaban J connectivity index is 1.47. The molecule has 1 heterocycles. The summed E-state index contributed by atoms with van der Waals surface area (Å²) >= 11 is 3.45. The van der Waals surface area contributed by atoms with Crippen LogP contribution in [0.3, 0.4) is 0 Å². The average Bonchev–Trinajstić information content (AvgIpc) is 2.76. The number of ether oxygens (including phenoxy) is 1. The maximum Gasteiger partial charge on any atom is 0.265 e. The molecule has 0 atom stereocenters. The largest absolute Gasteiger partial charge is 0.491 e. The minimum Gasteiger partial charge on any atom is -0.491 e. The van der Waals surface area contributed by atoms with Crippen LogP contribution in [-0.4, -0.2) is 34.0 Å². The second-order valence-corrected chi connectivity index (χ2v) is 10.4. The second kappa shape index (κ2) is 8.96. The number of nitrogens with one attached hydrogen (secondary N) is 1. The molecule has 1 aliphatic heterocycles. The Bertz CT molecular complexity index is 1290. The molecule has 0 spiro atoms. The smallest absolute Gasteiger partial charge is 0.265 e. The van der Waals surface area contributed by atoms with Crippen molar-refractivity contribution in [2.75, 3.05) is 24.0 Å². The monoisotopic (exact) mass is 514 g/mol. The molecule has 0 saturated carbocycles. The van der Waals surface area contributed by atoms with Crippen molar-refractivity contribution in [3.05, 3.63) is 76.3 Å². The number of nitrogens with zero attached hydrogens (tertiary/aromatic N) is 1. The Hall–Kier alpha value is -2.84. The normalized spacial score (nSPS) is 13.8. The Morgan fingerprint density at radius 2 is 1.81 bits per heavy atom. The highest BCUT2D eigenvalue weighted by Crippen LogP contribution is 2.43. The molecule has 0 bridgehead atoms. The van der Waals surface area contributed by atoms with E-state index >= 15 is 0 Å². The number of hydrogen-bond donors (Lipinski definition) is 1. The molecule has 0 aromatic heterocycles. The van der Waals surface area contributed by atoms with Crippen molar-refractivity contribution >= 4 is 37.5 Å². The van der Waals surface area contributed by atoms with Crippen LogP contribution in [0.15, 0.2) is 70.0 Å². The van der Waals surface area contributed by atoms with E-state index in [1.165, 1.54) is 0 Å². The van der Waals surface area contributed by atoms with E-state index in [9.17, 15) is 13.2 Å². The van der Waals surface area contributed by atoms with Crippen molar-refractivity contribution in [3.8, 4) is 16.9 Å². The van der Waals surface area contributed by atoms with Gasteiger partial charge in [0.25, 0.3) is 10.0 Å². The van der Waals surface area contributed by atoms with E-state index in [2.05, 4.69) is 21.2 Å². The molecule has 0 saturated heterocycles. The zero-order valence-corrected chi connectivity index (χ0v) is 20.2. The molecule has 3 aromatic rings. The lowest BCUT2D eigenvalue weighted by Crippen LogP contribution is -2.43. The molecule has 32 heavy (non-hydrogen) atoms. The van der Waals surface area contributed by atoms with Crippen LogP contribution < -0.4 is 14.4 Å². The predicted molar refractivity (Wildman–Crippen MR) is 129 cm³/mol. The maximum atomic E-state index is 13.3. The molecule has 0 fully saturated rings. The highest BCUT2D eigenvalue weighted by Gasteiger charge is 2.35. The van der Waals surface area contributed by atoms with Gasteiger partial charge >= 0.3 is 0 Å². The first-order chi connectivity index (χ1) is 15.3. The van der Waals surface area contributed by atoms with E-state index < -0.39 is 15.9 Å². The molecule has 8 heteroatoms. The summed E-state index contributed by atoms with van der Waals surface area (Å²) in [6, 6.07) is 18.1. The number of carbonyl (C=O) groups excluding carboxylic acids is 1. The quantitative estimate of drug-likeness (QED) is 0.493. The standard InChI is InChI=1S/C24H23BrN2O4S/c1-16-7-10-22(17(2)13-16)31-12-11-26-24(28)15-27-21-9-8-18(25)14-20(21)19-5-3-4-6-23(19)32(27,29)30/h3-10,13-14H,11-12,15H2,1-2H3,(H,26,28). The van der Waals surface area contributed by atoms with Gasteiger partial charge < -0.3 is 10.1 Å². The highest BCUT2D eigenvalue weighted by molar-refractivity contribution is 9.10. The molecule has 3 aromatic carbocycles. The van der Waals surface area contributed by atoms with Crippen molar-refractivity contribution < 1.29 is 17.9 Å². The summed E-state index contributed by atoms with van der Waals surface area (Å²) in [7, 11) is -3.86. The number of halogens is 1. The molecule has 0 radical (unpaired) electrons. The van der Waals surface area contributed by atoms with Gasteiger partial charge in [-0.05, 0) is 49.7 Å². The zero-order chi connectivity index (χ0) is 22.9. The molecule has 1 amide bonds. The van der Waals surface area contributed by atoms with Gasteiger partial charge in [0.1, 0.15) is 18.9 Å². The van der Waals surface area contributed by atoms with Crippen molar-refractivity contribution in [2.24, 2.45) is 0 Å². The fraction of sp³-hybridized carbons (Fsp3) is 0.208. The Morgan fingerprint density at radius 3 is 2.59 bits per heavy atom. The van der Waals surface area contributed by atoms with Gasteiger partial charge in [-0.1, -0.05) is 51.8 Å². The number of anilines is 1. The topological polar surface area (TPSA) is 75.7 Å². The zero-order valence-electron chi connectivity index (χ0n) is 17.8. The van der Waals surface area contributed by atoms with E-state index in [0.29, 0.717) is 11.3 Å². The lowest BCUT2D eigenvalue weighted by Gasteiger charge is -2.31. The van der Waals surface area contributed by atoms with Gasteiger partial charge in [-0.25, -0.2) is 8.42 Å². The molecule has 4 rings (SSSR count). The molecule has 166 valence electrons. The minimum absolute atomic E-state index is 0.191. The van der Waals surface area contributed by atoms with E-state index in [1.807, 2.05) is 38.1 Å². The van der Waals surface area contributed by atoms with Gasteiger partial charge in [0.15, 0.2) is 0 Å². The van der Waals surface area contributed by atoms with E-state index in [-0.39, 0.29) is 24.6 Å². The summed E-state index contributed by atoms with van der Waals surface area (Å²) in [5, 5.41) is 2.76. The van der Waals surface area contributed by atoms with Crippen LogP contribution >= 0.6 is 15.9 Å². The summed E-state index contributed by atoms with van der Waals surface area (Å²) in [6.07, 6.45) is 0. The van der Waals surface area contributed by atoms with Crippen molar-refractivity contribution in [2.45, 2.75) is 18.7 Å². The molecule has 6 nitrogen and oxygen atoms in total. The summed E-state index contributed by atoms with van der Waals surface area (Å²) in [5.74, 6) is 0.366. The van der Waals surface area contributed by atoms with E-state index in [4.69, 9.17) is 4.74 Å². The first-order valence-electron chi connectivity index (χ1n) is 10.2. The molecule has 1 N–H and O–H groups in total. The lowest BCUT2D eigenvalue weighted by molar-refractivity contribution is -0.119. The highest BCUT2D eigenvalue weighted by atomic mass is 79.9. The molecule has 0 unspecified atom stereocenters. The number of fused-ring (bicyclic) bond motifs is 3. The average molecular weight is 515 g/mol. The van der Waals surface area contributed by atoms with Crippen LogP contribution in [0.2, 0.25) is 0 Å². The molecule has 0 aliphatic carbocycles. The number of hydrogen-bond acceptors (Lipinski definition) is 4. The number of rotatable bonds is 6. The van der Waals surface area contributed by atoms with Gasteiger partial charge in [-0.2, -0.15) is 0 Å². The molecular formula is C24H23BrN2O4S. The summed E-state index contributed by atoms with van der Waals surface area (Å²) in [4.78, 5) is 12.8. The Kier molecular flexibility index (Phi) is 6.26. The number of amides is 1. The van der Waals surface area contributed by atoms with Crippen LogP contribution in [0, 0.1) is 13.8 Å². The molecule has 1 aliphatic rings. The van der Waals surface area contributed by atoms with E-state index in [0.717, 1.165) is 31.2 Å². The summed E-state index contributed by atoms with van der Waals surface area (Å²) < 4.78 is 34.3. The predicted octanol–water partition coefficient (Wildman–Crippen LogP) is 4.44. The number of carbonyl (C=O) groups is 1. The number of benzene rings is 3. The fourth-order valence-corrected chi connectivity index (χ4v) is 5.78. The van der Waals surface area contributed by atoms with Crippen molar-refractivity contribution in [1.82, 2.24) is 5.32 Å². The third-order valence-corrected chi connectivity index (χ3v) is 7.58. The van der Waals surface area contributed by atoms with Crippen molar-refractivity contribution in [1.29, 1.82) is 0 Å². The van der Waals surface area contributed by atoms with Gasteiger partial charge in [0, 0.05) is 15.6 Å². The van der Waals surface area contributed by atoms with Gasteiger partial charge in [0.2, 0.25) is 5.91 Å². The third kappa shape index (κ3) is 4.38. The molecular weight excluding hydrogens is 492 g/mol. The number of sulfonamides is 1. The van der Waals surface area contributed by atoms with Gasteiger partial charge in [-0.3, -0.25) is 9.10 Å². The maximum absolute atomic E-state index is 13.3. The van der Waals surface area contributed by atoms with Crippen LogP contribution in [0.5, 0.6) is 5.75 Å². The first kappa shape index (κ1) is 22.4. The SMILES string of the molecule is Cc1ccc(OCCNC(=O)CN2c3ccc(Br)cc3-c3ccccc3S2(=O)=O)c(C)c1. The first-order valence-corrected chi connectivity index (χ1v) is 12.4. The second-order valence-electron chi connectivity index (χ2n) is 7.64. The third-order valence-electron chi connectivity index (χ3n) is 5.27. The Labute approximate surface area is 196 Å². The van der Waals surface area contributed by atoms with E-state index in [1.54, 1.807) is 36.4 Å². The number of aryl methyl sites for hydroxylation is 2. The van der Waals surface area contributed by atoms with Crippen LogP contribution in [-0.2, 0) is 14.8 Å². The minimum atomic E-state index is -3.86. The van der Waals surface area contributed by atoms with Crippen LogP contribution in [0.4, 0.5) is 5.69 Å². The lowest BCUT2D eigenvalue weighted by atomic mass is 10.0. The summed E-state index contributed by atoms with van der Waals surface area (Å²) in [5.41, 5.74) is 4.05. The van der Waals surface area contributed by atoms with Gasteiger partial charge in [-0.15, -0.1) is 0 Å². The van der Waals surface area contributed by atoms with Crippen molar-refractivity contribution in [3.63, 3.8) is 0 Å². The Morgan fingerprint density at radius 1 is 1.03 bits per heavy atom. The summed E-state index contributed by atoms with van der Waals surface area (Å²) in [6.45, 7) is 4.23. The van der Waals surface area contributed by atoms with Crippen LogP contribution in [0.1, 0.15) is 11.1 Å². The fourth-order valence-electron chi connectivity index (χ4n) is 3.77. The van der Waals surface area contributed by atoms with Gasteiger partial charge in [0.05, 0.1) is 17.1 Å². The van der Waals surface area contributed by atoms with Crippen LogP contribution in [0.25, 0.3) is 11.1 Å².